The molecular weight excluding hydrogens is 418 g/mol. The van der Waals surface area contributed by atoms with Crippen LogP contribution in [0.2, 0.25) is 25.7 Å². The van der Waals surface area contributed by atoms with Gasteiger partial charge in [0, 0.05) is 20.2 Å². The lowest BCUT2D eigenvalue weighted by atomic mass is 10.1. The summed E-state index contributed by atoms with van der Waals surface area (Å²) in [6.45, 7) is 14.7. The molecule has 0 aliphatic carbocycles. The first-order valence-electron chi connectivity index (χ1n) is 10.8. The van der Waals surface area contributed by atoms with Crippen LogP contribution in [0.3, 0.4) is 0 Å². The van der Waals surface area contributed by atoms with Crippen molar-refractivity contribution in [3.8, 4) is 5.88 Å². The summed E-state index contributed by atoms with van der Waals surface area (Å²) in [4.78, 5) is 23.6. The maximum Gasteiger partial charge on any atom is 0.408 e. The van der Waals surface area contributed by atoms with E-state index in [1.807, 2.05) is 0 Å². The Labute approximate surface area is 186 Å². The number of aromatic nitrogens is 2. The van der Waals surface area contributed by atoms with Gasteiger partial charge in [0.25, 0.3) is 0 Å². The van der Waals surface area contributed by atoms with Crippen LogP contribution < -0.4 is 10.1 Å². The van der Waals surface area contributed by atoms with Gasteiger partial charge in [-0.25, -0.2) is 14.3 Å². The van der Waals surface area contributed by atoms with Crippen molar-refractivity contribution in [1.82, 2.24) is 15.1 Å². The van der Waals surface area contributed by atoms with Gasteiger partial charge in [0.05, 0.1) is 6.20 Å². The van der Waals surface area contributed by atoms with Gasteiger partial charge in [0.2, 0.25) is 5.88 Å². The first-order chi connectivity index (χ1) is 14.3. The van der Waals surface area contributed by atoms with E-state index < -0.39 is 31.8 Å². The molecule has 1 amide bonds. The van der Waals surface area contributed by atoms with E-state index in [4.69, 9.17) is 14.2 Å². The normalized spacial score (nSPS) is 13.0. The van der Waals surface area contributed by atoms with Gasteiger partial charge < -0.3 is 24.6 Å². The Morgan fingerprint density at radius 3 is 2.52 bits per heavy atom. The molecule has 1 aromatic rings. The Morgan fingerprint density at radius 2 is 1.97 bits per heavy atom. The van der Waals surface area contributed by atoms with Crippen molar-refractivity contribution in [2.24, 2.45) is 0 Å². The summed E-state index contributed by atoms with van der Waals surface area (Å²) in [5.41, 5.74) is 0.157. The number of nitrogens with one attached hydrogen (secondary N) is 1. The van der Waals surface area contributed by atoms with Gasteiger partial charge in [-0.3, -0.25) is 0 Å². The molecule has 2 N–H and O–H groups in total. The molecule has 1 rings (SSSR count). The molecule has 31 heavy (non-hydrogen) atoms. The van der Waals surface area contributed by atoms with E-state index in [1.54, 1.807) is 31.6 Å². The summed E-state index contributed by atoms with van der Waals surface area (Å²) in [6, 6.07) is -0.223. The van der Waals surface area contributed by atoms with Crippen molar-refractivity contribution >= 4 is 20.1 Å². The number of carboxylic acids is 1. The number of aliphatic carboxylic acids is 1. The van der Waals surface area contributed by atoms with Gasteiger partial charge >= 0.3 is 12.1 Å². The number of ether oxygens (including phenoxy) is 3. The summed E-state index contributed by atoms with van der Waals surface area (Å²) in [7, 11) is -1.20. The minimum atomic E-state index is -1.26. The number of hydrogen-bond acceptors (Lipinski definition) is 6. The molecule has 0 spiro atoms. The average molecular weight is 458 g/mol. The standard InChI is InChI=1S/C21H39N3O6Si/c1-8-9-10-16-13-22-24(15-28-11-12-31(5,6)7)18(16)29-14-17(19(25)26)23-20(27)30-21(2,3)4/h13,17H,8-12,14-15H2,1-7H3,(H,23,27)(H,25,26)/t17-/m0/s1. The highest BCUT2D eigenvalue weighted by Crippen LogP contribution is 2.21. The highest BCUT2D eigenvalue weighted by molar-refractivity contribution is 6.76. The van der Waals surface area contributed by atoms with Gasteiger partial charge in [-0.2, -0.15) is 5.10 Å². The third-order valence-electron chi connectivity index (χ3n) is 4.25. The predicted molar refractivity (Wildman–Crippen MR) is 121 cm³/mol. The zero-order valence-corrected chi connectivity index (χ0v) is 21.0. The molecular formula is C21H39N3O6Si. The van der Waals surface area contributed by atoms with E-state index in [1.165, 1.54) is 0 Å². The number of unbranched alkanes of at least 4 members (excludes halogenated alkanes) is 1. The second-order valence-electron chi connectivity index (χ2n) is 9.77. The fourth-order valence-electron chi connectivity index (χ4n) is 2.53. The number of alkyl carbamates (subject to hydrolysis) is 1. The van der Waals surface area contributed by atoms with Crippen molar-refractivity contribution in [3.63, 3.8) is 0 Å². The fraction of sp³-hybridized carbons (Fsp3) is 0.762. The summed E-state index contributed by atoms with van der Waals surface area (Å²) >= 11 is 0. The van der Waals surface area contributed by atoms with Gasteiger partial charge in [-0.05, 0) is 39.7 Å². The summed E-state index contributed by atoms with van der Waals surface area (Å²) < 4.78 is 18.4. The van der Waals surface area contributed by atoms with Crippen LogP contribution in [0.15, 0.2) is 6.20 Å². The molecule has 0 saturated heterocycles. The summed E-state index contributed by atoms with van der Waals surface area (Å²) in [5, 5.41) is 16.2. The zero-order chi connectivity index (χ0) is 23.7. The lowest BCUT2D eigenvalue weighted by Gasteiger charge is -2.22. The smallest absolute Gasteiger partial charge is 0.408 e. The maximum atomic E-state index is 12.0. The number of rotatable bonds is 13. The van der Waals surface area contributed by atoms with Gasteiger partial charge in [-0.1, -0.05) is 33.0 Å². The predicted octanol–water partition coefficient (Wildman–Crippen LogP) is 3.89. The van der Waals surface area contributed by atoms with Crippen LogP contribution in [0.4, 0.5) is 4.79 Å². The van der Waals surface area contributed by atoms with Crippen molar-refractivity contribution in [2.75, 3.05) is 13.2 Å². The number of carbonyl (C=O) groups excluding carboxylic acids is 1. The van der Waals surface area contributed by atoms with E-state index in [0.29, 0.717) is 12.5 Å². The van der Waals surface area contributed by atoms with Crippen molar-refractivity contribution < 1.29 is 28.9 Å². The van der Waals surface area contributed by atoms with Crippen LogP contribution in [0.1, 0.15) is 46.1 Å². The van der Waals surface area contributed by atoms with Crippen LogP contribution in [0.25, 0.3) is 0 Å². The molecule has 0 fully saturated rings. The number of carboxylic acid groups (broad SMARTS) is 1. The van der Waals surface area contributed by atoms with E-state index in [2.05, 4.69) is 37.0 Å². The first-order valence-corrected chi connectivity index (χ1v) is 14.5. The van der Waals surface area contributed by atoms with E-state index >= 15 is 0 Å². The molecule has 0 unspecified atom stereocenters. The van der Waals surface area contributed by atoms with Gasteiger partial charge in [0.1, 0.15) is 18.9 Å². The zero-order valence-electron chi connectivity index (χ0n) is 20.0. The Balaban J connectivity index is 2.82. The quantitative estimate of drug-likeness (QED) is 0.341. The minimum absolute atomic E-state index is 0.225. The molecule has 0 bridgehead atoms. The highest BCUT2D eigenvalue weighted by Gasteiger charge is 2.26. The first kappa shape index (κ1) is 27.0. The topological polar surface area (TPSA) is 112 Å². The Morgan fingerprint density at radius 1 is 1.29 bits per heavy atom. The third kappa shape index (κ3) is 11.2. The molecule has 0 aliphatic heterocycles. The van der Waals surface area contributed by atoms with E-state index in [-0.39, 0.29) is 13.3 Å². The molecule has 1 aromatic heterocycles. The Hall–Kier alpha value is -2.07. The molecule has 10 heteroatoms. The minimum Gasteiger partial charge on any atom is -0.480 e. The van der Waals surface area contributed by atoms with Crippen molar-refractivity contribution in [3.05, 3.63) is 11.8 Å². The molecule has 0 aromatic carbocycles. The Kier molecular flexibility index (Phi) is 10.5. The largest absolute Gasteiger partial charge is 0.480 e. The molecule has 178 valence electrons. The highest BCUT2D eigenvalue weighted by atomic mass is 28.3. The van der Waals surface area contributed by atoms with Gasteiger partial charge in [-0.15, -0.1) is 0 Å². The van der Waals surface area contributed by atoms with Crippen LogP contribution in [-0.2, 0) is 27.4 Å². The van der Waals surface area contributed by atoms with E-state index in [0.717, 1.165) is 30.9 Å². The van der Waals surface area contributed by atoms with Crippen LogP contribution in [-0.4, -0.2) is 59.9 Å². The van der Waals surface area contributed by atoms with Crippen LogP contribution in [0.5, 0.6) is 5.88 Å². The number of hydrogen-bond donors (Lipinski definition) is 2. The fourth-order valence-corrected chi connectivity index (χ4v) is 3.28. The van der Waals surface area contributed by atoms with Crippen LogP contribution >= 0.6 is 0 Å². The molecule has 1 heterocycles. The van der Waals surface area contributed by atoms with E-state index in [9.17, 15) is 14.7 Å². The summed E-state index contributed by atoms with van der Waals surface area (Å²) in [5.74, 6) is -0.739. The van der Waals surface area contributed by atoms with Crippen molar-refractivity contribution in [1.29, 1.82) is 0 Å². The third-order valence-corrected chi connectivity index (χ3v) is 5.95. The molecule has 1 atom stereocenters. The molecule has 9 nitrogen and oxygen atoms in total. The lowest BCUT2D eigenvalue weighted by molar-refractivity contribution is -0.140. The number of carbonyl (C=O) groups is 2. The molecule has 0 aliphatic rings. The monoisotopic (exact) mass is 457 g/mol. The second kappa shape index (κ2) is 12.1. The van der Waals surface area contributed by atoms with Crippen LogP contribution in [0, 0.1) is 0 Å². The summed E-state index contributed by atoms with van der Waals surface area (Å²) in [6.07, 6.45) is 3.65. The SMILES string of the molecule is CCCCc1cnn(COCC[Si](C)(C)C)c1OC[C@H](NC(=O)OC(C)(C)C)C(=O)O. The number of amides is 1. The lowest BCUT2D eigenvalue weighted by Crippen LogP contribution is -2.46. The van der Waals surface area contributed by atoms with Crippen molar-refractivity contribution in [2.45, 2.75) is 91.0 Å². The molecule has 0 saturated carbocycles. The number of nitrogens with zero attached hydrogens (tertiary/aromatic N) is 2. The van der Waals surface area contributed by atoms with Gasteiger partial charge in [0.15, 0.2) is 6.04 Å². The number of aryl methyl sites for hydroxylation is 1. The molecule has 0 radical (unpaired) electrons. The Bertz CT molecular complexity index is 709. The second-order valence-corrected chi connectivity index (χ2v) is 15.4. The average Bonchev–Trinajstić information content (AvgIpc) is 2.99. The maximum absolute atomic E-state index is 12.0.